The Kier molecular flexibility index (Phi) is 6.87. The van der Waals surface area contributed by atoms with Crippen LogP contribution < -0.4 is 13.8 Å². The van der Waals surface area contributed by atoms with Crippen LogP contribution in [0.5, 0.6) is 11.5 Å². The highest BCUT2D eigenvalue weighted by Crippen LogP contribution is 2.30. The van der Waals surface area contributed by atoms with E-state index in [9.17, 15) is 13.6 Å². The molecule has 0 radical (unpaired) electrons. The van der Waals surface area contributed by atoms with E-state index >= 15 is 0 Å². The van der Waals surface area contributed by atoms with Crippen LogP contribution in [0.2, 0.25) is 0 Å². The molecule has 0 bridgehead atoms. The number of anilines is 2. The van der Waals surface area contributed by atoms with Crippen molar-refractivity contribution in [2.75, 3.05) is 17.5 Å². The van der Waals surface area contributed by atoms with Crippen molar-refractivity contribution in [2.24, 2.45) is 0 Å². The molecule has 0 aromatic heterocycles. The van der Waals surface area contributed by atoms with Gasteiger partial charge in [-0.15, -0.1) is 0 Å². The molecule has 0 saturated carbocycles. The van der Waals surface area contributed by atoms with Gasteiger partial charge < -0.3 is 19.1 Å². The van der Waals surface area contributed by atoms with E-state index in [1.54, 1.807) is 42.5 Å². The molecule has 0 aliphatic heterocycles. The molecule has 0 heterocycles. The average Bonchev–Trinajstić information content (AvgIpc) is 2.83. The van der Waals surface area contributed by atoms with Gasteiger partial charge in [0, 0.05) is 0 Å². The summed E-state index contributed by atoms with van der Waals surface area (Å²) in [5, 5.41) is 10.9. The molecule has 0 spiro atoms. The molecule has 1 unspecified atom stereocenters. The number of carboxylic acids is 1. The van der Waals surface area contributed by atoms with Crippen molar-refractivity contribution in [1.82, 2.24) is 0 Å². The van der Waals surface area contributed by atoms with Crippen molar-refractivity contribution in [2.45, 2.75) is 0 Å². The number of fused-ring (bicyclic) bond motifs is 1. The number of nitrogens with zero attached hydrogens (tertiary/aromatic N) is 1. The highest BCUT2D eigenvalue weighted by molar-refractivity contribution is 7.81. The zero-order valence-electron chi connectivity index (χ0n) is 17.4. The molecule has 168 valence electrons. The van der Waals surface area contributed by atoms with Gasteiger partial charge in [-0.25, -0.2) is 4.79 Å². The smallest absolute Gasteiger partial charge is 0.335 e. The fourth-order valence-corrected chi connectivity index (χ4v) is 3.89. The van der Waals surface area contributed by atoms with Crippen LogP contribution in [0, 0.1) is 0 Å². The summed E-state index contributed by atoms with van der Waals surface area (Å²) >= 11 is -2.50. The summed E-state index contributed by atoms with van der Waals surface area (Å²) in [6.45, 7) is 0.532. The highest BCUT2D eigenvalue weighted by atomic mass is 32.2. The van der Waals surface area contributed by atoms with Gasteiger partial charge in [-0.1, -0.05) is 30.3 Å². The lowest BCUT2D eigenvalue weighted by Crippen LogP contribution is -2.19. The number of ether oxygens (including phenoxy) is 2. The molecule has 0 amide bonds. The zero-order chi connectivity index (χ0) is 23.2. The van der Waals surface area contributed by atoms with Crippen molar-refractivity contribution < 1.29 is 28.1 Å². The Bertz CT molecular complexity index is 1270. The first-order valence-electron chi connectivity index (χ1n) is 10.1. The maximum absolute atomic E-state index is 12.0. The van der Waals surface area contributed by atoms with Crippen molar-refractivity contribution in [3.8, 4) is 11.5 Å². The zero-order valence-corrected chi connectivity index (χ0v) is 18.2. The topological polar surface area (TPSA) is 99.1 Å². The average molecular weight is 463 g/mol. The molecule has 4 rings (SSSR count). The maximum Gasteiger partial charge on any atom is 0.335 e. The van der Waals surface area contributed by atoms with Crippen molar-refractivity contribution in [3.63, 3.8) is 0 Å². The van der Waals surface area contributed by atoms with Gasteiger partial charge in [-0.2, -0.15) is 0 Å². The number of hydrogen-bond acceptors (Lipinski definition) is 5. The Morgan fingerprint density at radius 2 is 1.33 bits per heavy atom. The second kappa shape index (κ2) is 10.2. The first kappa shape index (κ1) is 22.3. The van der Waals surface area contributed by atoms with Crippen LogP contribution in [0.25, 0.3) is 10.8 Å². The second-order valence-electron chi connectivity index (χ2n) is 7.06. The molecule has 1 atom stereocenters. The number of aromatic carboxylic acids is 1. The van der Waals surface area contributed by atoms with Gasteiger partial charge in [-0.3, -0.25) is 8.51 Å². The number of carbonyl (C=O) groups is 1. The summed E-state index contributed by atoms with van der Waals surface area (Å²) in [7, 11) is 0. The van der Waals surface area contributed by atoms with Crippen LogP contribution in [0.1, 0.15) is 10.4 Å². The third-order valence-corrected chi connectivity index (χ3v) is 5.63. The fourth-order valence-electron chi connectivity index (χ4n) is 3.31. The SMILES string of the molecule is O=C(O)c1ccc(OCCOc2ccc(N(c3ccc4ccccc4c3)S(=O)[O-])cc2)cc1. The van der Waals surface area contributed by atoms with E-state index in [0.29, 0.717) is 22.9 Å². The highest BCUT2D eigenvalue weighted by Gasteiger charge is 2.11. The van der Waals surface area contributed by atoms with Crippen LogP contribution >= 0.6 is 0 Å². The van der Waals surface area contributed by atoms with Gasteiger partial charge in [0.25, 0.3) is 0 Å². The summed E-state index contributed by atoms with van der Waals surface area (Å²) in [6, 6.07) is 26.1. The van der Waals surface area contributed by atoms with Crippen LogP contribution in [-0.4, -0.2) is 33.1 Å². The number of rotatable bonds is 9. The third-order valence-electron chi connectivity index (χ3n) is 4.91. The molecule has 7 nitrogen and oxygen atoms in total. The van der Waals surface area contributed by atoms with E-state index in [1.165, 1.54) is 16.4 Å². The Morgan fingerprint density at radius 1 is 0.788 bits per heavy atom. The van der Waals surface area contributed by atoms with Crippen LogP contribution in [0.15, 0.2) is 91.0 Å². The van der Waals surface area contributed by atoms with E-state index in [-0.39, 0.29) is 18.8 Å². The first-order chi connectivity index (χ1) is 16.0. The second-order valence-corrected chi connectivity index (χ2v) is 7.86. The first-order valence-corrected chi connectivity index (χ1v) is 11.1. The lowest BCUT2D eigenvalue weighted by molar-refractivity contribution is 0.0697. The molecule has 0 aliphatic rings. The molecule has 4 aromatic rings. The summed E-state index contributed by atoms with van der Waals surface area (Å²) in [5.41, 5.74) is 1.22. The van der Waals surface area contributed by atoms with E-state index < -0.39 is 17.2 Å². The van der Waals surface area contributed by atoms with Gasteiger partial charge >= 0.3 is 5.97 Å². The van der Waals surface area contributed by atoms with Crippen molar-refractivity contribution >= 4 is 39.4 Å². The van der Waals surface area contributed by atoms with Gasteiger partial charge in [0.05, 0.1) is 28.2 Å². The third kappa shape index (κ3) is 5.49. The molecular formula is C25H20NO6S-. The van der Waals surface area contributed by atoms with Crippen LogP contribution in [0.3, 0.4) is 0 Å². The molecule has 0 aliphatic carbocycles. The van der Waals surface area contributed by atoms with Crippen molar-refractivity contribution in [1.29, 1.82) is 0 Å². The quantitative estimate of drug-likeness (QED) is 0.280. The summed E-state index contributed by atoms with van der Waals surface area (Å²) < 4.78 is 36.4. The Hall–Kier alpha value is -3.88. The number of benzene rings is 4. The largest absolute Gasteiger partial charge is 0.755 e. The fraction of sp³-hybridized carbons (Fsp3) is 0.0800. The molecule has 0 fully saturated rings. The number of hydrogen-bond donors (Lipinski definition) is 1. The van der Waals surface area contributed by atoms with Gasteiger partial charge in [0.1, 0.15) is 24.7 Å². The lowest BCUT2D eigenvalue weighted by atomic mass is 10.1. The molecule has 8 heteroatoms. The molecule has 33 heavy (non-hydrogen) atoms. The van der Waals surface area contributed by atoms with E-state index in [2.05, 4.69) is 0 Å². The van der Waals surface area contributed by atoms with E-state index in [4.69, 9.17) is 14.6 Å². The normalized spacial score (nSPS) is 11.7. The molecule has 0 saturated heterocycles. The number of carboxylic acid groups (broad SMARTS) is 1. The standard InChI is InChI=1S/C25H21NO6S/c27-25(28)19-6-11-23(12-7-19)31-15-16-32-24-13-9-21(10-14-24)26(33(29)30)22-8-5-18-3-1-2-4-20(18)17-22/h1-14,17H,15-16H2,(H,27,28)(H,29,30)/p-1. The predicted octanol–water partition coefficient (Wildman–Crippen LogP) is 4.93. The van der Waals surface area contributed by atoms with Crippen molar-refractivity contribution in [3.05, 3.63) is 96.6 Å². The van der Waals surface area contributed by atoms with Crippen LogP contribution in [0.4, 0.5) is 11.4 Å². The molecule has 1 N–H and O–H groups in total. The lowest BCUT2D eigenvalue weighted by Gasteiger charge is -2.27. The monoisotopic (exact) mass is 462 g/mol. The maximum atomic E-state index is 12.0. The van der Waals surface area contributed by atoms with Crippen LogP contribution in [-0.2, 0) is 11.3 Å². The minimum absolute atomic E-state index is 0.190. The molecular weight excluding hydrogens is 442 g/mol. The van der Waals surface area contributed by atoms with E-state index in [1.807, 2.05) is 36.4 Å². The summed E-state index contributed by atoms with van der Waals surface area (Å²) in [4.78, 5) is 10.9. The van der Waals surface area contributed by atoms with E-state index in [0.717, 1.165) is 10.8 Å². The summed E-state index contributed by atoms with van der Waals surface area (Å²) in [5.74, 6) is 0.120. The predicted molar refractivity (Wildman–Crippen MR) is 126 cm³/mol. The summed E-state index contributed by atoms with van der Waals surface area (Å²) in [6.07, 6.45) is 0. The Balaban J connectivity index is 1.37. The molecule has 4 aromatic carbocycles. The minimum atomic E-state index is -2.50. The Labute approximate surface area is 193 Å². The van der Waals surface area contributed by atoms with Gasteiger partial charge in [0.2, 0.25) is 0 Å². The van der Waals surface area contributed by atoms with Gasteiger partial charge in [0.15, 0.2) is 0 Å². The Morgan fingerprint density at radius 3 is 1.91 bits per heavy atom. The van der Waals surface area contributed by atoms with Gasteiger partial charge in [-0.05, 0) is 71.4 Å². The minimum Gasteiger partial charge on any atom is -0.755 e.